The molecule has 59 heavy (non-hydrogen) atoms. The van der Waals surface area contributed by atoms with Crippen LogP contribution in [0.4, 0.5) is 0 Å². The lowest BCUT2D eigenvalue weighted by Crippen LogP contribution is -2.14. The zero-order valence-electron chi connectivity index (χ0n) is 32.6. The summed E-state index contributed by atoms with van der Waals surface area (Å²) in [6.45, 7) is 4.65. The minimum absolute atomic E-state index is 0.132. The Hall–Kier alpha value is -7.56. The SMILES string of the molecule is CC1(C)c2ccccc2-c2ccc(-c3cc(-c4ccccc4)nc(-c4cc(-c5ccc6oc7ccccc7c6c5)cc(-n5c6ccccc6c6ccccc65)c4)n3)cc21. The van der Waals surface area contributed by atoms with E-state index in [1.54, 1.807) is 0 Å². The molecule has 0 aliphatic heterocycles. The van der Waals surface area contributed by atoms with E-state index in [9.17, 15) is 0 Å². The van der Waals surface area contributed by atoms with Crippen LogP contribution in [0, 0.1) is 0 Å². The van der Waals surface area contributed by atoms with Crippen LogP contribution in [0.2, 0.25) is 0 Å². The normalized spacial score (nSPS) is 13.1. The second-order valence-electron chi connectivity index (χ2n) is 16.2. The summed E-state index contributed by atoms with van der Waals surface area (Å²) in [6.07, 6.45) is 0. The average molecular weight is 756 g/mol. The number of rotatable bonds is 5. The fourth-order valence-electron chi connectivity index (χ4n) is 9.49. The van der Waals surface area contributed by atoms with Gasteiger partial charge in [0.1, 0.15) is 11.2 Å². The van der Waals surface area contributed by atoms with Gasteiger partial charge in [0, 0.05) is 49.3 Å². The molecule has 0 unspecified atom stereocenters. The molecule has 0 spiro atoms. The van der Waals surface area contributed by atoms with E-state index in [0.29, 0.717) is 5.82 Å². The fraction of sp³-hybridized carbons (Fsp3) is 0.0545. The van der Waals surface area contributed by atoms with E-state index in [-0.39, 0.29) is 5.41 Å². The van der Waals surface area contributed by atoms with Gasteiger partial charge in [0.25, 0.3) is 0 Å². The Morgan fingerprint density at radius 3 is 1.81 bits per heavy atom. The first-order chi connectivity index (χ1) is 29.0. The molecule has 1 aliphatic carbocycles. The lowest BCUT2D eigenvalue weighted by Gasteiger charge is -2.22. The van der Waals surface area contributed by atoms with Gasteiger partial charge in [-0.2, -0.15) is 0 Å². The smallest absolute Gasteiger partial charge is 0.160 e. The van der Waals surface area contributed by atoms with E-state index in [0.717, 1.165) is 77.9 Å². The highest BCUT2D eigenvalue weighted by Gasteiger charge is 2.35. The van der Waals surface area contributed by atoms with Crippen LogP contribution in [0.1, 0.15) is 25.0 Å². The highest BCUT2D eigenvalue weighted by Crippen LogP contribution is 2.49. The molecule has 1 aliphatic rings. The molecule has 0 N–H and O–H groups in total. The molecule has 0 amide bonds. The second-order valence-corrected chi connectivity index (χ2v) is 16.2. The van der Waals surface area contributed by atoms with Gasteiger partial charge in [0.05, 0.1) is 22.4 Å². The van der Waals surface area contributed by atoms with Gasteiger partial charge in [0.2, 0.25) is 0 Å². The maximum Gasteiger partial charge on any atom is 0.160 e. The third-order valence-corrected chi connectivity index (χ3v) is 12.4. The van der Waals surface area contributed by atoms with Crippen molar-refractivity contribution in [2.75, 3.05) is 0 Å². The van der Waals surface area contributed by atoms with E-state index in [4.69, 9.17) is 14.4 Å². The molecule has 278 valence electrons. The van der Waals surface area contributed by atoms with Gasteiger partial charge in [-0.15, -0.1) is 0 Å². The maximum absolute atomic E-state index is 6.26. The Labute approximate surface area is 341 Å². The van der Waals surface area contributed by atoms with Crippen molar-refractivity contribution in [3.63, 3.8) is 0 Å². The molecule has 3 aromatic heterocycles. The Morgan fingerprint density at radius 1 is 0.407 bits per heavy atom. The van der Waals surface area contributed by atoms with Crippen molar-refractivity contribution in [1.29, 1.82) is 0 Å². The minimum Gasteiger partial charge on any atom is -0.456 e. The summed E-state index contributed by atoms with van der Waals surface area (Å²) in [5, 5.41) is 4.63. The van der Waals surface area contributed by atoms with Crippen LogP contribution in [0.25, 0.3) is 106 Å². The van der Waals surface area contributed by atoms with Gasteiger partial charge in [-0.1, -0.05) is 141 Å². The van der Waals surface area contributed by atoms with Crippen molar-refractivity contribution in [2.45, 2.75) is 19.3 Å². The van der Waals surface area contributed by atoms with Crippen LogP contribution in [-0.4, -0.2) is 14.5 Å². The lowest BCUT2D eigenvalue weighted by molar-refractivity contribution is 0.660. The molecule has 0 saturated carbocycles. The molecule has 0 radical (unpaired) electrons. The standard InChI is InChI=1S/C55H37N3O/c1-55(2)46-20-10-6-16-40(46)41-26-24-36(32-47(41)55)49-33-48(34-14-4-3-5-15-34)56-54(57-49)38-28-37(35-25-27-53-45(31-35)44-19-9-13-23-52(44)59-53)29-39(30-38)58-50-21-11-7-17-42(50)43-18-8-12-22-51(43)58/h3-33H,1-2H3. The van der Waals surface area contributed by atoms with Crippen LogP contribution in [0.15, 0.2) is 192 Å². The largest absolute Gasteiger partial charge is 0.456 e. The molecular formula is C55H37N3O. The van der Waals surface area contributed by atoms with E-state index in [2.05, 4.69) is 188 Å². The van der Waals surface area contributed by atoms with Crippen LogP contribution in [0.3, 0.4) is 0 Å². The third-order valence-electron chi connectivity index (χ3n) is 12.4. The number of nitrogens with zero attached hydrogens (tertiary/aromatic N) is 3. The van der Waals surface area contributed by atoms with E-state index in [1.807, 2.05) is 18.2 Å². The topological polar surface area (TPSA) is 43.9 Å². The summed E-state index contributed by atoms with van der Waals surface area (Å²) in [5.41, 5.74) is 17.2. The van der Waals surface area contributed by atoms with Crippen molar-refractivity contribution in [1.82, 2.24) is 14.5 Å². The maximum atomic E-state index is 6.26. The lowest BCUT2D eigenvalue weighted by atomic mass is 9.82. The molecule has 11 aromatic rings. The quantitative estimate of drug-likeness (QED) is 0.176. The number of para-hydroxylation sites is 3. The number of hydrogen-bond donors (Lipinski definition) is 0. The molecule has 4 heteroatoms. The van der Waals surface area contributed by atoms with Gasteiger partial charge < -0.3 is 8.98 Å². The Balaban J connectivity index is 1.11. The van der Waals surface area contributed by atoms with Crippen molar-refractivity contribution in [3.8, 4) is 61.8 Å². The third kappa shape index (κ3) is 5.23. The van der Waals surface area contributed by atoms with Crippen LogP contribution < -0.4 is 0 Å². The minimum atomic E-state index is -0.132. The average Bonchev–Trinajstić information content (AvgIpc) is 3.91. The number of benzene rings is 8. The predicted molar refractivity (Wildman–Crippen MR) is 243 cm³/mol. The summed E-state index contributed by atoms with van der Waals surface area (Å²) in [4.78, 5) is 10.8. The Kier molecular flexibility index (Phi) is 7.24. The zero-order chi connectivity index (χ0) is 39.2. The monoisotopic (exact) mass is 755 g/mol. The van der Waals surface area contributed by atoms with Crippen LogP contribution in [0.5, 0.6) is 0 Å². The van der Waals surface area contributed by atoms with Crippen LogP contribution >= 0.6 is 0 Å². The molecule has 3 heterocycles. The van der Waals surface area contributed by atoms with Gasteiger partial charge >= 0.3 is 0 Å². The number of furan rings is 1. The summed E-state index contributed by atoms with van der Waals surface area (Å²) in [5.74, 6) is 0.670. The zero-order valence-corrected chi connectivity index (χ0v) is 32.6. The van der Waals surface area contributed by atoms with Crippen molar-refractivity contribution in [3.05, 3.63) is 199 Å². The number of fused-ring (bicyclic) bond motifs is 9. The van der Waals surface area contributed by atoms with E-state index >= 15 is 0 Å². The molecule has 4 nitrogen and oxygen atoms in total. The number of hydrogen-bond acceptors (Lipinski definition) is 3. The molecule has 8 aromatic carbocycles. The van der Waals surface area contributed by atoms with Gasteiger partial charge in [-0.3, -0.25) is 0 Å². The summed E-state index contributed by atoms with van der Waals surface area (Å²) < 4.78 is 8.64. The first-order valence-electron chi connectivity index (χ1n) is 20.2. The highest BCUT2D eigenvalue weighted by atomic mass is 16.3. The predicted octanol–water partition coefficient (Wildman–Crippen LogP) is 14.4. The fourth-order valence-corrected chi connectivity index (χ4v) is 9.49. The van der Waals surface area contributed by atoms with E-state index in [1.165, 1.54) is 33.0 Å². The number of aromatic nitrogens is 3. The van der Waals surface area contributed by atoms with Crippen LogP contribution in [-0.2, 0) is 5.41 Å². The van der Waals surface area contributed by atoms with E-state index < -0.39 is 0 Å². The molecular weight excluding hydrogens is 719 g/mol. The van der Waals surface area contributed by atoms with Gasteiger partial charge in [0.15, 0.2) is 5.82 Å². The summed E-state index contributed by atoms with van der Waals surface area (Å²) in [7, 11) is 0. The molecule has 0 atom stereocenters. The first kappa shape index (κ1) is 33.6. The summed E-state index contributed by atoms with van der Waals surface area (Å²) in [6, 6.07) is 67.1. The highest BCUT2D eigenvalue weighted by molar-refractivity contribution is 6.10. The van der Waals surface area contributed by atoms with Gasteiger partial charge in [-0.05, 0) is 94.0 Å². The van der Waals surface area contributed by atoms with Gasteiger partial charge in [-0.25, -0.2) is 9.97 Å². The van der Waals surface area contributed by atoms with Crippen molar-refractivity contribution < 1.29 is 4.42 Å². The molecule has 0 fully saturated rings. The van der Waals surface area contributed by atoms with Crippen molar-refractivity contribution in [2.24, 2.45) is 0 Å². The molecule has 12 rings (SSSR count). The summed E-state index contributed by atoms with van der Waals surface area (Å²) >= 11 is 0. The Bertz CT molecular complexity index is 3430. The van der Waals surface area contributed by atoms with Crippen molar-refractivity contribution >= 4 is 43.7 Å². The second kappa shape index (κ2) is 12.7. The Morgan fingerprint density at radius 2 is 1.02 bits per heavy atom. The first-order valence-corrected chi connectivity index (χ1v) is 20.2. The molecule has 0 saturated heterocycles. The molecule has 0 bridgehead atoms.